The normalized spacial score (nSPS) is 29.4. The molecule has 5 heteroatoms. The topological polar surface area (TPSA) is 59.3 Å². The summed E-state index contributed by atoms with van der Waals surface area (Å²) in [4.78, 5) is 17.4. The highest BCUT2D eigenvalue weighted by atomic mass is 16.1. The van der Waals surface area contributed by atoms with Gasteiger partial charge in [-0.25, -0.2) is 9.50 Å². The van der Waals surface area contributed by atoms with Gasteiger partial charge in [-0.2, -0.15) is 5.10 Å². The summed E-state index contributed by atoms with van der Waals surface area (Å²) in [5.41, 5.74) is 3.80. The first kappa shape index (κ1) is 16.6. The molecule has 0 aromatic carbocycles. The molecule has 1 amide bonds. The summed E-state index contributed by atoms with van der Waals surface area (Å²) in [6.45, 7) is 6.81. The lowest BCUT2D eigenvalue weighted by molar-refractivity contribution is 0.0892. The number of hydrogen-bond acceptors (Lipinski definition) is 3. The van der Waals surface area contributed by atoms with Crippen molar-refractivity contribution in [3.05, 3.63) is 29.2 Å². The number of aryl methyl sites for hydroxylation is 1. The maximum Gasteiger partial charge on any atom is 0.256 e. The van der Waals surface area contributed by atoms with Gasteiger partial charge in [0.05, 0.1) is 6.20 Å². The number of nitrogens with one attached hydrogen (secondary N) is 1. The van der Waals surface area contributed by atoms with Crippen molar-refractivity contribution in [2.24, 2.45) is 17.8 Å². The molecular weight excluding hydrogens is 312 g/mol. The van der Waals surface area contributed by atoms with Crippen LogP contribution in [-0.4, -0.2) is 26.5 Å². The molecule has 0 spiro atoms. The van der Waals surface area contributed by atoms with Crippen molar-refractivity contribution < 1.29 is 4.79 Å². The van der Waals surface area contributed by atoms with Gasteiger partial charge in [-0.1, -0.05) is 33.6 Å². The van der Waals surface area contributed by atoms with Gasteiger partial charge in [0.1, 0.15) is 5.56 Å². The molecule has 1 fully saturated rings. The number of aromatic nitrogens is 3. The second kappa shape index (κ2) is 6.43. The summed E-state index contributed by atoms with van der Waals surface area (Å²) in [6, 6.07) is 0.254. The SMILES string of the molecule is C[C@@H]1CCc2c(cnc3c(C(=O)N[C@@H]4CCC[C@@H](C)[C@H]4C)cnn23)C1. The number of carbonyl (C=O) groups excluding carboxylic acids is 1. The summed E-state index contributed by atoms with van der Waals surface area (Å²) in [5.74, 6) is 1.84. The third-order valence-electron chi connectivity index (χ3n) is 6.42. The molecule has 4 rings (SSSR count). The van der Waals surface area contributed by atoms with Crippen LogP contribution >= 0.6 is 0 Å². The second-order valence-electron chi connectivity index (χ2n) is 8.22. The molecule has 0 unspecified atom stereocenters. The van der Waals surface area contributed by atoms with E-state index in [1.54, 1.807) is 6.20 Å². The van der Waals surface area contributed by atoms with E-state index in [1.165, 1.54) is 30.5 Å². The van der Waals surface area contributed by atoms with E-state index in [1.807, 2.05) is 10.7 Å². The van der Waals surface area contributed by atoms with E-state index < -0.39 is 0 Å². The number of nitrogens with zero attached hydrogens (tertiary/aromatic N) is 3. The predicted molar refractivity (Wildman–Crippen MR) is 97.6 cm³/mol. The first-order valence-corrected chi connectivity index (χ1v) is 9.70. The molecule has 2 aromatic rings. The lowest BCUT2D eigenvalue weighted by Gasteiger charge is -2.34. The number of rotatable bonds is 2. The minimum absolute atomic E-state index is 0.0300. The van der Waals surface area contributed by atoms with Gasteiger partial charge in [-0.3, -0.25) is 4.79 Å². The molecule has 0 saturated heterocycles. The maximum atomic E-state index is 12.9. The van der Waals surface area contributed by atoms with Crippen LogP contribution in [0.15, 0.2) is 12.4 Å². The van der Waals surface area contributed by atoms with Crippen LogP contribution in [0, 0.1) is 17.8 Å². The Morgan fingerprint density at radius 2 is 2.04 bits per heavy atom. The Kier molecular flexibility index (Phi) is 4.26. The van der Waals surface area contributed by atoms with E-state index in [0.717, 1.165) is 19.3 Å². The van der Waals surface area contributed by atoms with E-state index in [9.17, 15) is 4.79 Å². The fraction of sp³-hybridized carbons (Fsp3) is 0.650. The van der Waals surface area contributed by atoms with Crippen LogP contribution in [-0.2, 0) is 12.8 Å². The van der Waals surface area contributed by atoms with E-state index in [4.69, 9.17) is 0 Å². The molecule has 25 heavy (non-hydrogen) atoms. The molecule has 0 bridgehead atoms. The lowest BCUT2D eigenvalue weighted by Crippen LogP contribution is -2.43. The molecule has 134 valence electrons. The van der Waals surface area contributed by atoms with Crippen LogP contribution in [0.4, 0.5) is 0 Å². The van der Waals surface area contributed by atoms with E-state index in [-0.39, 0.29) is 11.9 Å². The van der Waals surface area contributed by atoms with Crippen LogP contribution in [0.1, 0.15) is 68.1 Å². The van der Waals surface area contributed by atoms with Crippen molar-refractivity contribution in [1.82, 2.24) is 19.9 Å². The van der Waals surface area contributed by atoms with Gasteiger partial charge >= 0.3 is 0 Å². The van der Waals surface area contributed by atoms with Gasteiger partial charge in [-0.05, 0) is 49.0 Å². The molecule has 2 heterocycles. The minimum Gasteiger partial charge on any atom is -0.349 e. The van der Waals surface area contributed by atoms with Gasteiger partial charge in [-0.15, -0.1) is 0 Å². The van der Waals surface area contributed by atoms with E-state index in [2.05, 4.69) is 36.2 Å². The molecule has 0 radical (unpaired) electrons. The van der Waals surface area contributed by atoms with Gasteiger partial charge in [0.2, 0.25) is 0 Å². The van der Waals surface area contributed by atoms with Crippen molar-refractivity contribution in [2.45, 2.75) is 65.3 Å². The highest BCUT2D eigenvalue weighted by Crippen LogP contribution is 2.30. The largest absolute Gasteiger partial charge is 0.349 e. The molecule has 5 nitrogen and oxygen atoms in total. The summed E-state index contributed by atoms with van der Waals surface area (Å²) in [6.07, 6.45) is 10.4. The maximum absolute atomic E-state index is 12.9. The Morgan fingerprint density at radius 3 is 2.88 bits per heavy atom. The van der Waals surface area contributed by atoms with Gasteiger partial charge in [0.25, 0.3) is 5.91 Å². The van der Waals surface area contributed by atoms with Crippen molar-refractivity contribution >= 4 is 11.6 Å². The van der Waals surface area contributed by atoms with Crippen LogP contribution in [0.25, 0.3) is 5.65 Å². The third-order valence-corrected chi connectivity index (χ3v) is 6.42. The fourth-order valence-electron chi connectivity index (χ4n) is 4.50. The van der Waals surface area contributed by atoms with E-state index >= 15 is 0 Å². The Hall–Kier alpha value is -1.91. The summed E-state index contributed by atoms with van der Waals surface area (Å²) >= 11 is 0. The quantitative estimate of drug-likeness (QED) is 0.911. The fourth-order valence-corrected chi connectivity index (χ4v) is 4.50. The van der Waals surface area contributed by atoms with Gasteiger partial charge in [0.15, 0.2) is 5.65 Å². The Bertz CT molecular complexity index is 796. The van der Waals surface area contributed by atoms with Crippen molar-refractivity contribution in [2.75, 3.05) is 0 Å². The monoisotopic (exact) mass is 340 g/mol. The highest BCUT2D eigenvalue weighted by Gasteiger charge is 2.29. The lowest BCUT2D eigenvalue weighted by atomic mass is 9.78. The molecule has 2 aromatic heterocycles. The molecule has 0 aliphatic heterocycles. The summed E-state index contributed by atoms with van der Waals surface area (Å²) in [5, 5.41) is 7.75. The Labute approximate surface area is 149 Å². The zero-order valence-electron chi connectivity index (χ0n) is 15.5. The zero-order valence-corrected chi connectivity index (χ0v) is 15.5. The van der Waals surface area contributed by atoms with E-state index in [0.29, 0.717) is 29.0 Å². The minimum atomic E-state index is -0.0300. The average molecular weight is 340 g/mol. The zero-order chi connectivity index (χ0) is 17.6. The molecule has 1 saturated carbocycles. The molecule has 2 aliphatic rings. The molecular formula is C20H28N4O. The highest BCUT2D eigenvalue weighted by molar-refractivity contribution is 5.99. The first-order valence-electron chi connectivity index (χ1n) is 9.70. The van der Waals surface area contributed by atoms with Crippen LogP contribution in [0.5, 0.6) is 0 Å². The Morgan fingerprint density at radius 1 is 1.20 bits per heavy atom. The van der Waals surface area contributed by atoms with Crippen LogP contribution in [0.3, 0.4) is 0 Å². The number of amides is 1. The van der Waals surface area contributed by atoms with Crippen molar-refractivity contribution in [1.29, 1.82) is 0 Å². The van der Waals surface area contributed by atoms with Crippen LogP contribution < -0.4 is 5.32 Å². The number of hydrogen-bond donors (Lipinski definition) is 1. The predicted octanol–water partition coefficient (Wildman–Crippen LogP) is 3.41. The molecule has 4 atom stereocenters. The van der Waals surface area contributed by atoms with Gasteiger partial charge in [0, 0.05) is 17.9 Å². The van der Waals surface area contributed by atoms with Crippen LogP contribution in [0.2, 0.25) is 0 Å². The van der Waals surface area contributed by atoms with Crippen molar-refractivity contribution in [3.8, 4) is 0 Å². The second-order valence-corrected chi connectivity index (χ2v) is 8.22. The molecule has 2 aliphatic carbocycles. The Balaban J connectivity index is 1.60. The standard InChI is InChI=1S/C20H28N4O/c1-12-7-8-18-15(9-12)10-21-19-16(11-22-24(18)19)20(25)23-17-6-4-5-13(2)14(17)3/h10-14,17H,4-9H2,1-3H3,(H,23,25)/t12-,13-,14-,17-/m1/s1. The molecule has 1 N–H and O–H groups in total. The third kappa shape index (κ3) is 2.94. The first-order chi connectivity index (χ1) is 12.0. The average Bonchev–Trinajstić information content (AvgIpc) is 3.03. The smallest absolute Gasteiger partial charge is 0.256 e. The number of fused-ring (bicyclic) bond motifs is 3. The number of carbonyl (C=O) groups is 1. The van der Waals surface area contributed by atoms with Crippen molar-refractivity contribution in [3.63, 3.8) is 0 Å². The summed E-state index contributed by atoms with van der Waals surface area (Å²) in [7, 11) is 0. The van der Waals surface area contributed by atoms with Gasteiger partial charge < -0.3 is 5.32 Å². The summed E-state index contributed by atoms with van der Waals surface area (Å²) < 4.78 is 1.89.